The molecule has 0 spiro atoms. The number of nitro groups is 1. The summed E-state index contributed by atoms with van der Waals surface area (Å²) in [7, 11) is 0. The van der Waals surface area contributed by atoms with Crippen LogP contribution in [0.3, 0.4) is 0 Å². The van der Waals surface area contributed by atoms with Crippen molar-refractivity contribution < 1.29 is 40.8 Å². The van der Waals surface area contributed by atoms with E-state index in [1.165, 1.54) is 30.3 Å². The fraction of sp³-hybridized carbons (Fsp3) is 0.0800. The zero-order valence-electron chi connectivity index (χ0n) is 18.0. The van der Waals surface area contributed by atoms with Crippen LogP contribution in [0.25, 0.3) is 5.57 Å². The predicted octanol–water partition coefficient (Wildman–Crippen LogP) is 7.23. The fourth-order valence-corrected chi connectivity index (χ4v) is 3.09. The largest absolute Gasteiger partial charge is 0.423 e. The highest BCUT2D eigenvalue weighted by molar-refractivity contribution is 5.86. The molecule has 0 saturated carbocycles. The van der Waals surface area contributed by atoms with Crippen molar-refractivity contribution >= 4 is 17.2 Å². The molecule has 0 aliphatic rings. The molecule has 36 heavy (non-hydrogen) atoms. The number of nitro benzene ring substituents is 1. The van der Waals surface area contributed by atoms with E-state index < -0.39 is 34.4 Å². The molecule has 3 aromatic carbocycles. The van der Waals surface area contributed by atoms with Crippen molar-refractivity contribution in [3.8, 4) is 5.75 Å². The number of carbonyl (C=O) groups excluding carboxylic acids is 1. The maximum atomic E-state index is 13.2. The summed E-state index contributed by atoms with van der Waals surface area (Å²) in [5.41, 5.74) is -2.29. The van der Waals surface area contributed by atoms with Gasteiger partial charge < -0.3 is 4.74 Å². The van der Waals surface area contributed by atoms with E-state index in [0.717, 1.165) is 60.7 Å². The maximum absolute atomic E-state index is 13.2. The monoisotopic (exact) mass is 507 g/mol. The van der Waals surface area contributed by atoms with Crippen molar-refractivity contribution in [3.05, 3.63) is 123 Å². The second kappa shape index (κ2) is 10.5. The van der Waals surface area contributed by atoms with Gasteiger partial charge in [0, 0.05) is 18.2 Å². The Morgan fingerprint density at radius 1 is 0.806 bits per heavy atom. The van der Waals surface area contributed by atoms with E-state index in [2.05, 4.69) is 0 Å². The third-order valence-corrected chi connectivity index (χ3v) is 4.76. The van der Waals surface area contributed by atoms with Crippen molar-refractivity contribution in [2.45, 2.75) is 12.4 Å². The number of halogens is 6. The molecule has 0 N–H and O–H groups in total. The summed E-state index contributed by atoms with van der Waals surface area (Å²) in [6.07, 6.45) is -6.16. The van der Waals surface area contributed by atoms with Crippen molar-refractivity contribution in [3.63, 3.8) is 0 Å². The van der Waals surface area contributed by atoms with Crippen LogP contribution in [0.1, 0.15) is 22.3 Å². The summed E-state index contributed by atoms with van der Waals surface area (Å²) in [6.45, 7) is 0. The minimum Gasteiger partial charge on any atom is -0.423 e. The van der Waals surface area contributed by atoms with E-state index in [1.54, 1.807) is 0 Å². The third-order valence-electron chi connectivity index (χ3n) is 4.76. The van der Waals surface area contributed by atoms with Crippen LogP contribution >= 0.6 is 0 Å². The molecular formula is C25H15F6NO4. The molecule has 0 aliphatic carbocycles. The smallest absolute Gasteiger partial charge is 0.416 e. The number of carbonyl (C=O) groups is 1. The Balaban J connectivity index is 1.95. The number of alkyl halides is 6. The first-order valence-corrected chi connectivity index (χ1v) is 10.0. The van der Waals surface area contributed by atoms with E-state index in [1.807, 2.05) is 0 Å². The first kappa shape index (κ1) is 26.2. The van der Waals surface area contributed by atoms with Gasteiger partial charge >= 0.3 is 18.3 Å². The minimum absolute atomic E-state index is 0.00444. The molecule has 0 radical (unpaired) electrons. The van der Waals surface area contributed by atoms with Crippen molar-refractivity contribution in [2.75, 3.05) is 0 Å². The summed E-state index contributed by atoms with van der Waals surface area (Å²) in [6, 6.07) is 12.7. The molecule has 3 rings (SSSR count). The summed E-state index contributed by atoms with van der Waals surface area (Å²) >= 11 is 0. The van der Waals surface area contributed by atoms with Crippen LogP contribution in [0.2, 0.25) is 0 Å². The summed E-state index contributed by atoms with van der Waals surface area (Å²) in [5, 5.41) is 10.7. The molecule has 0 unspecified atom stereocenters. The van der Waals surface area contributed by atoms with E-state index in [9.17, 15) is 41.3 Å². The molecule has 0 aromatic heterocycles. The van der Waals surface area contributed by atoms with Crippen LogP contribution in [-0.4, -0.2) is 10.9 Å². The van der Waals surface area contributed by atoms with E-state index in [4.69, 9.17) is 4.74 Å². The highest BCUT2D eigenvalue weighted by Crippen LogP contribution is 2.35. The van der Waals surface area contributed by atoms with Crippen molar-refractivity contribution in [1.29, 1.82) is 0 Å². The SMILES string of the molecule is O=C(/C=C/C=C(c1cccc(C(F)(F)F)c1)c1cccc(C(F)(F)F)c1)Oc1ccc([N+](=O)[O-])cc1. The molecule has 5 nitrogen and oxygen atoms in total. The lowest BCUT2D eigenvalue weighted by molar-refractivity contribution is -0.384. The Bertz CT molecular complexity index is 1270. The Hall–Kier alpha value is -4.41. The number of hydrogen-bond donors (Lipinski definition) is 0. The molecule has 0 atom stereocenters. The van der Waals surface area contributed by atoms with Gasteiger partial charge in [0.2, 0.25) is 0 Å². The van der Waals surface area contributed by atoms with Crippen LogP contribution in [0.5, 0.6) is 5.75 Å². The molecule has 0 fully saturated rings. The summed E-state index contributed by atoms with van der Waals surface area (Å²) in [4.78, 5) is 22.1. The summed E-state index contributed by atoms with van der Waals surface area (Å²) < 4.78 is 84.2. The van der Waals surface area contributed by atoms with Crippen LogP contribution in [-0.2, 0) is 17.1 Å². The second-order valence-electron chi connectivity index (χ2n) is 7.27. The lowest BCUT2D eigenvalue weighted by atomic mass is 9.94. The normalized spacial score (nSPS) is 11.8. The summed E-state index contributed by atoms with van der Waals surface area (Å²) in [5.74, 6) is -0.928. The molecule has 0 aliphatic heterocycles. The van der Waals surface area contributed by atoms with Gasteiger partial charge in [0.05, 0.1) is 16.1 Å². The zero-order valence-corrected chi connectivity index (χ0v) is 18.0. The molecule has 0 saturated heterocycles. The highest BCUT2D eigenvalue weighted by atomic mass is 19.4. The van der Waals surface area contributed by atoms with Gasteiger partial charge in [0.15, 0.2) is 0 Å². The Morgan fingerprint density at radius 2 is 1.31 bits per heavy atom. The molecular weight excluding hydrogens is 492 g/mol. The zero-order chi connectivity index (χ0) is 26.5. The van der Waals surface area contributed by atoms with E-state index >= 15 is 0 Å². The van der Waals surface area contributed by atoms with Crippen molar-refractivity contribution in [2.24, 2.45) is 0 Å². The average molecular weight is 507 g/mol. The van der Waals surface area contributed by atoms with Gasteiger partial charge in [0.25, 0.3) is 5.69 Å². The van der Waals surface area contributed by atoms with Crippen LogP contribution in [0.4, 0.5) is 32.0 Å². The highest BCUT2D eigenvalue weighted by Gasteiger charge is 2.32. The van der Waals surface area contributed by atoms with Gasteiger partial charge in [-0.25, -0.2) is 4.79 Å². The predicted molar refractivity (Wildman–Crippen MR) is 118 cm³/mol. The number of non-ortho nitro benzene ring substituents is 1. The first-order valence-electron chi connectivity index (χ1n) is 10.0. The number of allylic oxidation sites excluding steroid dienone is 2. The number of nitrogens with zero attached hydrogens (tertiary/aromatic N) is 1. The molecule has 0 heterocycles. The Kier molecular flexibility index (Phi) is 7.62. The Labute approximate surface area is 200 Å². The molecule has 0 amide bonds. The van der Waals surface area contributed by atoms with Crippen LogP contribution in [0, 0.1) is 10.1 Å². The fourth-order valence-electron chi connectivity index (χ4n) is 3.09. The third kappa shape index (κ3) is 6.81. The van der Waals surface area contributed by atoms with E-state index in [0.29, 0.717) is 0 Å². The minimum atomic E-state index is -4.68. The lowest BCUT2D eigenvalue weighted by Gasteiger charge is -2.14. The molecule has 0 bridgehead atoms. The quantitative estimate of drug-likeness (QED) is 0.0672. The van der Waals surface area contributed by atoms with Gasteiger partial charge in [-0.15, -0.1) is 0 Å². The van der Waals surface area contributed by atoms with Gasteiger partial charge in [-0.05, 0) is 53.1 Å². The van der Waals surface area contributed by atoms with E-state index in [-0.39, 0.29) is 28.1 Å². The number of rotatable bonds is 6. The topological polar surface area (TPSA) is 69.4 Å². The number of esters is 1. The maximum Gasteiger partial charge on any atom is 0.416 e. The molecule has 3 aromatic rings. The number of ether oxygens (including phenoxy) is 1. The van der Waals surface area contributed by atoms with Gasteiger partial charge in [-0.1, -0.05) is 36.4 Å². The van der Waals surface area contributed by atoms with Crippen LogP contribution in [0.15, 0.2) is 91.0 Å². The van der Waals surface area contributed by atoms with Crippen LogP contribution < -0.4 is 4.74 Å². The molecule has 186 valence electrons. The standard InChI is InChI=1S/C25H15F6NO4/c26-24(27,28)18-6-1-4-16(14-18)22(17-5-2-7-19(15-17)25(29,30)31)8-3-9-23(33)36-21-12-10-20(11-13-21)32(34)35/h1-15H/b9-3+. The Morgan fingerprint density at radius 3 is 1.75 bits per heavy atom. The van der Waals surface area contributed by atoms with Crippen molar-refractivity contribution in [1.82, 2.24) is 0 Å². The number of hydrogen-bond acceptors (Lipinski definition) is 4. The van der Waals surface area contributed by atoms with Gasteiger partial charge in [0.1, 0.15) is 5.75 Å². The first-order chi connectivity index (χ1) is 16.8. The second-order valence-corrected chi connectivity index (χ2v) is 7.27. The molecule has 11 heteroatoms. The van der Waals surface area contributed by atoms with Gasteiger partial charge in [-0.3, -0.25) is 10.1 Å². The van der Waals surface area contributed by atoms with Gasteiger partial charge in [-0.2, -0.15) is 26.3 Å². The average Bonchev–Trinajstić information content (AvgIpc) is 2.81. The lowest BCUT2D eigenvalue weighted by Crippen LogP contribution is -2.06. The number of benzene rings is 3.